The number of halogens is 1. The molecule has 10 nitrogen and oxygen atoms in total. The Balaban J connectivity index is 1.30. The number of rotatable bonds is 10. The molecule has 3 aromatic rings. The third-order valence-electron chi connectivity index (χ3n) is 5.36. The van der Waals surface area contributed by atoms with Crippen LogP contribution in [-0.4, -0.2) is 47.7 Å². The Morgan fingerprint density at radius 1 is 1.14 bits per heavy atom. The van der Waals surface area contributed by atoms with E-state index in [1.54, 1.807) is 31.6 Å². The van der Waals surface area contributed by atoms with Gasteiger partial charge in [0.05, 0.1) is 25.9 Å². The van der Waals surface area contributed by atoms with Gasteiger partial charge in [0.25, 0.3) is 0 Å². The van der Waals surface area contributed by atoms with E-state index in [9.17, 15) is 9.18 Å². The number of carbonyl (C=O) groups is 1. The smallest absolute Gasteiger partial charge is 0.313 e. The lowest BCUT2D eigenvalue weighted by atomic mass is 10.1. The number of hydrogen-bond donors (Lipinski definition) is 2. The van der Waals surface area contributed by atoms with Crippen LogP contribution in [0.5, 0.6) is 5.75 Å². The number of esters is 1. The standard InChI is InChI=1S/C25H25FN6O4/c1-34-20-7-5-16(6-8-20)14-36-31-19-12-32(13-19)25-29-10-18(11-30-25)21-4-2-3-17(24(21)26)15-35-23(33)9-22(27)28/h2-8,10-11H,9,12-15H2,1H3,(H3,27,28). The van der Waals surface area contributed by atoms with Crippen LogP contribution in [0.2, 0.25) is 0 Å². The van der Waals surface area contributed by atoms with Crippen LogP contribution in [-0.2, 0) is 27.6 Å². The molecule has 2 heterocycles. The fourth-order valence-corrected chi connectivity index (χ4v) is 3.42. The van der Waals surface area contributed by atoms with E-state index in [2.05, 4.69) is 15.1 Å². The first-order valence-corrected chi connectivity index (χ1v) is 11.1. The summed E-state index contributed by atoms with van der Waals surface area (Å²) in [6, 6.07) is 12.3. The summed E-state index contributed by atoms with van der Waals surface area (Å²) in [5.74, 6) is -0.246. The molecule has 0 radical (unpaired) electrons. The number of amidine groups is 1. The SMILES string of the molecule is COc1ccc(CON=C2CN(c3ncc(-c4cccc(COC(=O)CC(=N)N)c4F)cn3)C2)cc1. The Bertz CT molecular complexity index is 1260. The third-order valence-corrected chi connectivity index (χ3v) is 5.36. The van der Waals surface area contributed by atoms with Crippen LogP contribution in [0.4, 0.5) is 10.3 Å². The van der Waals surface area contributed by atoms with Crippen LogP contribution in [0.15, 0.2) is 60.0 Å². The first-order valence-electron chi connectivity index (χ1n) is 11.1. The molecule has 0 atom stereocenters. The minimum Gasteiger partial charge on any atom is -0.497 e. The van der Waals surface area contributed by atoms with Gasteiger partial charge in [-0.25, -0.2) is 14.4 Å². The molecule has 1 fully saturated rings. The molecule has 0 amide bonds. The maximum absolute atomic E-state index is 15.0. The molecule has 1 aliphatic heterocycles. The lowest BCUT2D eigenvalue weighted by Crippen LogP contribution is -2.48. The van der Waals surface area contributed by atoms with Gasteiger partial charge >= 0.3 is 5.97 Å². The fourth-order valence-electron chi connectivity index (χ4n) is 3.42. The van der Waals surface area contributed by atoms with E-state index in [1.165, 1.54) is 6.07 Å². The van der Waals surface area contributed by atoms with E-state index in [4.69, 9.17) is 25.5 Å². The molecule has 2 aromatic carbocycles. The second-order valence-corrected chi connectivity index (χ2v) is 8.05. The van der Waals surface area contributed by atoms with Gasteiger partial charge in [0.2, 0.25) is 5.95 Å². The molecule has 0 bridgehead atoms. The molecule has 1 aliphatic rings. The van der Waals surface area contributed by atoms with Gasteiger partial charge in [-0.3, -0.25) is 10.2 Å². The van der Waals surface area contributed by atoms with Crippen LogP contribution in [0.1, 0.15) is 17.5 Å². The summed E-state index contributed by atoms with van der Waals surface area (Å²) in [5, 5.41) is 11.3. The van der Waals surface area contributed by atoms with Gasteiger partial charge in [0, 0.05) is 29.1 Å². The van der Waals surface area contributed by atoms with Crippen molar-refractivity contribution in [2.24, 2.45) is 10.9 Å². The number of anilines is 1. The zero-order chi connectivity index (χ0) is 25.5. The molecule has 186 valence electrons. The van der Waals surface area contributed by atoms with E-state index < -0.39 is 11.8 Å². The molecular formula is C25H25FN6O4. The fraction of sp³-hybridized carbons (Fsp3) is 0.240. The summed E-state index contributed by atoms with van der Waals surface area (Å²) < 4.78 is 25.1. The summed E-state index contributed by atoms with van der Waals surface area (Å²) in [6.45, 7) is 1.18. The predicted molar refractivity (Wildman–Crippen MR) is 131 cm³/mol. The van der Waals surface area contributed by atoms with E-state index in [0.717, 1.165) is 17.0 Å². The normalized spacial score (nSPS) is 12.5. The number of carbonyl (C=O) groups excluding carboxylic acids is 1. The quantitative estimate of drug-likeness (QED) is 0.191. The Hall–Kier alpha value is -4.54. The second kappa shape index (κ2) is 11.3. The molecule has 0 aliphatic carbocycles. The zero-order valence-corrected chi connectivity index (χ0v) is 19.6. The number of hydrogen-bond acceptors (Lipinski definition) is 9. The highest BCUT2D eigenvalue weighted by Gasteiger charge is 2.25. The van der Waals surface area contributed by atoms with Crippen molar-refractivity contribution < 1.29 is 23.5 Å². The van der Waals surface area contributed by atoms with Crippen LogP contribution >= 0.6 is 0 Å². The molecule has 0 spiro atoms. The van der Waals surface area contributed by atoms with Crippen molar-refractivity contribution in [3.05, 3.63) is 71.8 Å². The zero-order valence-electron chi connectivity index (χ0n) is 19.6. The van der Waals surface area contributed by atoms with Crippen LogP contribution in [0.25, 0.3) is 11.1 Å². The topological polar surface area (TPSA) is 136 Å². The van der Waals surface area contributed by atoms with E-state index >= 15 is 0 Å². The van der Waals surface area contributed by atoms with Crippen LogP contribution in [0.3, 0.4) is 0 Å². The average molecular weight is 493 g/mol. The number of nitrogens with zero attached hydrogens (tertiary/aromatic N) is 4. The largest absolute Gasteiger partial charge is 0.497 e. The maximum atomic E-state index is 15.0. The number of ether oxygens (including phenoxy) is 2. The number of aromatic nitrogens is 2. The lowest BCUT2D eigenvalue weighted by molar-refractivity contribution is -0.143. The molecule has 4 rings (SSSR count). The van der Waals surface area contributed by atoms with Crippen molar-refractivity contribution in [2.45, 2.75) is 19.6 Å². The maximum Gasteiger partial charge on any atom is 0.313 e. The number of nitrogens with one attached hydrogen (secondary N) is 1. The summed E-state index contributed by atoms with van der Waals surface area (Å²) >= 11 is 0. The molecular weight excluding hydrogens is 467 g/mol. The van der Waals surface area contributed by atoms with Gasteiger partial charge in [0.1, 0.15) is 37.0 Å². The minimum absolute atomic E-state index is 0.201. The first-order chi connectivity index (χ1) is 17.4. The Morgan fingerprint density at radius 2 is 1.86 bits per heavy atom. The predicted octanol–water partition coefficient (Wildman–Crippen LogP) is 3.05. The highest BCUT2D eigenvalue weighted by atomic mass is 19.1. The first kappa shape index (κ1) is 24.6. The van der Waals surface area contributed by atoms with Crippen molar-refractivity contribution in [3.8, 4) is 16.9 Å². The molecule has 36 heavy (non-hydrogen) atoms. The van der Waals surface area contributed by atoms with Crippen molar-refractivity contribution in [2.75, 3.05) is 25.1 Å². The monoisotopic (exact) mass is 492 g/mol. The number of nitrogens with two attached hydrogens (primary N) is 1. The van der Waals surface area contributed by atoms with Crippen molar-refractivity contribution >= 4 is 23.5 Å². The average Bonchev–Trinajstić information content (AvgIpc) is 2.85. The third kappa shape index (κ3) is 6.12. The molecule has 3 N–H and O–H groups in total. The summed E-state index contributed by atoms with van der Waals surface area (Å²) in [6.07, 6.45) is 2.75. The molecule has 1 saturated heterocycles. The molecule has 11 heteroatoms. The highest BCUT2D eigenvalue weighted by Crippen LogP contribution is 2.26. The summed E-state index contributed by atoms with van der Waals surface area (Å²) in [4.78, 5) is 27.6. The molecule has 1 aromatic heterocycles. The number of oxime groups is 1. The summed E-state index contributed by atoms with van der Waals surface area (Å²) in [5.41, 5.74) is 8.01. The van der Waals surface area contributed by atoms with Crippen molar-refractivity contribution in [1.29, 1.82) is 5.41 Å². The van der Waals surface area contributed by atoms with Gasteiger partial charge in [-0.15, -0.1) is 0 Å². The molecule has 0 unspecified atom stereocenters. The minimum atomic E-state index is -0.691. The van der Waals surface area contributed by atoms with Gasteiger partial charge in [-0.2, -0.15) is 0 Å². The Labute approximate surface area is 207 Å². The second-order valence-electron chi connectivity index (χ2n) is 8.05. The van der Waals surface area contributed by atoms with Crippen molar-refractivity contribution in [3.63, 3.8) is 0 Å². The van der Waals surface area contributed by atoms with Gasteiger partial charge in [-0.05, 0) is 17.7 Å². The summed E-state index contributed by atoms with van der Waals surface area (Å²) in [7, 11) is 1.62. The molecule has 0 saturated carbocycles. The van der Waals surface area contributed by atoms with Gasteiger partial charge in [-0.1, -0.05) is 35.5 Å². The van der Waals surface area contributed by atoms with Crippen molar-refractivity contribution in [1.82, 2.24) is 9.97 Å². The van der Waals surface area contributed by atoms with Gasteiger partial charge in [0.15, 0.2) is 0 Å². The number of benzene rings is 2. The van der Waals surface area contributed by atoms with Crippen LogP contribution in [0, 0.1) is 11.2 Å². The Kier molecular flexibility index (Phi) is 7.69. The van der Waals surface area contributed by atoms with Crippen LogP contribution < -0.4 is 15.4 Å². The Morgan fingerprint density at radius 3 is 2.53 bits per heavy atom. The van der Waals surface area contributed by atoms with E-state index in [0.29, 0.717) is 36.8 Å². The lowest BCUT2D eigenvalue weighted by Gasteiger charge is -2.31. The number of methoxy groups -OCH3 is 1. The van der Waals surface area contributed by atoms with Gasteiger partial charge < -0.3 is 24.9 Å². The van der Waals surface area contributed by atoms with E-state index in [1.807, 2.05) is 29.2 Å². The van der Waals surface area contributed by atoms with E-state index in [-0.39, 0.29) is 24.4 Å². The highest BCUT2D eigenvalue weighted by molar-refractivity contribution is 5.98.